The summed E-state index contributed by atoms with van der Waals surface area (Å²) < 4.78 is 6.30. The Labute approximate surface area is 176 Å². The van der Waals surface area contributed by atoms with E-state index in [-0.39, 0.29) is 11.5 Å². The Kier molecular flexibility index (Phi) is 3.03. The summed E-state index contributed by atoms with van der Waals surface area (Å²) in [7, 11) is 0. The van der Waals surface area contributed by atoms with Crippen LogP contribution in [0.15, 0.2) is 89.3 Å². The fourth-order valence-corrected chi connectivity index (χ4v) is 5.01. The van der Waals surface area contributed by atoms with Gasteiger partial charge in [0.2, 0.25) is 0 Å². The molecule has 6 aromatic carbocycles. The van der Waals surface area contributed by atoms with Crippen molar-refractivity contribution >= 4 is 65.0 Å². The molecule has 0 saturated carbocycles. The van der Waals surface area contributed by atoms with Crippen LogP contribution in [-0.2, 0) is 0 Å². The lowest BCUT2D eigenvalue weighted by molar-refractivity contribution is 0.475. The highest BCUT2D eigenvalue weighted by Gasteiger charge is 2.17. The van der Waals surface area contributed by atoms with Gasteiger partial charge in [0, 0.05) is 21.5 Å². The van der Waals surface area contributed by atoms with E-state index in [1.54, 1.807) is 12.1 Å². The van der Waals surface area contributed by atoms with Gasteiger partial charge in [-0.05, 0) is 68.7 Å². The number of benzene rings is 6. The molecule has 31 heavy (non-hydrogen) atoms. The van der Waals surface area contributed by atoms with Crippen molar-refractivity contribution in [2.24, 2.45) is 0 Å². The van der Waals surface area contributed by atoms with Gasteiger partial charge in [-0.2, -0.15) is 0 Å². The highest BCUT2D eigenvalue weighted by atomic mass is 16.3. The second kappa shape index (κ2) is 5.67. The van der Waals surface area contributed by atoms with Gasteiger partial charge in [0.05, 0.1) is 0 Å². The summed E-state index contributed by atoms with van der Waals surface area (Å²) in [5, 5.41) is 30.9. The minimum absolute atomic E-state index is 0.241. The highest BCUT2D eigenvalue weighted by Crippen LogP contribution is 2.43. The summed E-state index contributed by atoms with van der Waals surface area (Å²) in [6.45, 7) is 0. The Morgan fingerprint density at radius 2 is 0.806 bits per heavy atom. The number of rotatable bonds is 0. The molecule has 0 aliphatic carbocycles. The Bertz CT molecular complexity index is 1720. The first-order chi connectivity index (χ1) is 15.2. The van der Waals surface area contributed by atoms with Crippen molar-refractivity contribution in [1.29, 1.82) is 0 Å². The van der Waals surface area contributed by atoms with Crippen molar-refractivity contribution in [1.82, 2.24) is 0 Å². The lowest BCUT2D eigenvalue weighted by Crippen LogP contribution is -1.82. The van der Waals surface area contributed by atoms with Crippen LogP contribution in [0.25, 0.3) is 65.0 Å². The van der Waals surface area contributed by atoms with Gasteiger partial charge >= 0.3 is 0 Å². The van der Waals surface area contributed by atoms with Crippen LogP contribution in [0.1, 0.15) is 0 Å². The minimum atomic E-state index is 0.241. The third kappa shape index (κ3) is 2.18. The molecule has 0 aliphatic rings. The van der Waals surface area contributed by atoms with Crippen LogP contribution in [0.5, 0.6) is 11.5 Å². The van der Waals surface area contributed by atoms with Crippen molar-refractivity contribution in [3.05, 3.63) is 84.9 Å². The van der Waals surface area contributed by atoms with Gasteiger partial charge in [-0.15, -0.1) is 0 Å². The smallest absolute Gasteiger partial charge is 0.136 e. The Balaban J connectivity index is 1.85. The molecule has 1 aromatic heterocycles. The van der Waals surface area contributed by atoms with Crippen molar-refractivity contribution in [2.45, 2.75) is 0 Å². The monoisotopic (exact) mass is 400 g/mol. The topological polar surface area (TPSA) is 53.6 Å². The summed E-state index contributed by atoms with van der Waals surface area (Å²) in [5.41, 5.74) is 1.62. The average molecular weight is 400 g/mol. The largest absolute Gasteiger partial charge is 0.508 e. The third-order valence-corrected chi connectivity index (χ3v) is 6.37. The molecule has 0 spiro atoms. The maximum absolute atomic E-state index is 10.2. The van der Waals surface area contributed by atoms with Gasteiger partial charge in [-0.1, -0.05) is 48.5 Å². The van der Waals surface area contributed by atoms with Crippen LogP contribution in [-0.4, -0.2) is 10.2 Å². The van der Waals surface area contributed by atoms with Crippen LogP contribution in [0, 0.1) is 0 Å². The van der Waals surface area contributed by atoms with Crippen LogP contribution in [0.2, 0.25) is 0 Å². The van der Waals surface area contributed by atoms with Gasteiger partial charge in [-0.25, -0.2) is 0 Å². The zero-order valence-electron chi connectivity index (χ0n) is 16.4. The zero-order valence-corrected chi connectivity index (χ0v) is 16.4. The van der Waals surface area contributed by atoms with E-state index < -0.39 is 0 Å². The van der Waals surface area contributed by atoms with E-state index in [0.717, 1.165) is 65.0 Å². The van der Waals surface area contributed by atoms with Gasteiger partial charge in [0.25, 0.3) is 0 Å². The second-order valence-electron chi connectivity index (χ2n) is 8.12. The van der Waals surface area contributed by atoms with E-state index in [4.69, 9.17) is 4.42 Å². The molecule has 1 heterocycles. The van der Waals surface area contributed by atoms with Crippen molar-refractivity contribution in [3.8, 4) is 11.5 Å². The first-order valence-corrected chi connectivity index (χ1v) is 10.2. The Hall–Kier alpha value is -4.24. The molecule has 2 N–H and O–H groups in total. The number of fused-ring (bicyclic) bond motifs is 11. The summed E-state index contributed by atoms with van der Waals surface area (Å²) in [6, 6.07) is 27.5. The molecule has 146 valence electrons. The number of furan rings is 1. The average Bonchev–Trinajstić information content (AvgIpc) is 3.17. The van der Waals surface area contributed by atoms with E-state index >= 15 is 0 Å². The minimum Gasteiger partial charge on any atom is -0.508 e. The zero-order chi connectivity index (χ0) is 20.7. The fraction of sp³-hybridized carbons (Fsp3) is 0. The molecule has 3 heteroatoms. The van der Waals surface area contributed by atoms with E-state index in [1.807, 2.05) is 36.4 Å². The third-order valence-electron chi connectivity index (χ3n) is 6.37. The Morgan fingerprint density at radius 1 is 0.419 bits per heavy atom. The van der Waals surface area contributed by atoms with E-state index in [1.165, 1.54) is 0 Å². The molecule has 0 atom stereocenters. The summed E-state index contributed by atoms with van der Waals surface area (Å²) in [5.74, 6) is 0.482. The molecule has 3 nitrogen and oxygen atoms in total. The van der Waals surface area contributed by atoms with Crippen molar-refractivity contribution in [3.63, 3.8) is 0 Å². The second-order valence-corrected chi connectivity index (χ2v) is 8.12. The SMILES string of the molecule is Oc1ccc2ccc3ccc4oc5ccc6ccc7ccc(O)cc7c6c5c4c3c2c1. The normalized spacial score (nSPS) is 12.1. The summed E-state index contributed by atoms with van der Waals surface area (Å²) >= 11 is 0. The maximum atomic E-state index is 10.2. The molecule has 0 unspecified atom stereocenters. The molecule has 7 aromatic rings. The fourth-order valence-electron chi connectivity index (χ4n) is 5.01. The number of aromatic hydroxyl groups is 2. The van der Waals surface area contributed by atoms with Crippen LogP contribution < -0.4 is 0 Å². The number of phenols is 2. The van der Waals surface area contributed by atoms with Crippen molar-refractivity contribution in [2.75, 3.05) is 0 Å². The lowest BCUT2D eigenvalue weighted by Gasteiger charge is -2.09. The van der Waals surface area contributed by atoms with Gasteiger partial charge in [0.15, 0.2) is 0 Å². The molecule has 0 saturated heterocycles. The molecular weight excluding hydrogens is 384 g/mol. The molecule has 0 amide bonds. The van der Waals surface area contributed by atoms with Crippen LogP contribution in [0.4, 0.5) is 0 Å². The molecule has 7 rings (SSSR count). The van der Waals surface area contributed by atoms with Gasteiger partial charge < -0.3 is 14.6 Å². The van der Waals surface area contributed by atoms with Crippen LogP contribution >= 0.6 is 0 Å². The molecule has 0 radical (unpaired) electrons. The standard InChI is InChI=1S/C28H16O3/c29-19-9-5-15-1-3-17-7-11-23-27(25(17)21(15)13-19)28-24(31-23)12-8-18-4-2-16-6-10-20(30)14-22(16)26(18)28/h1-14,29-30H. The first-order valence-electron chi connectivity index (χ1n) is 10.2. The predicted molar refractivity (Wildman–Crippen MR) is 127 cm³/mol. The maximum Gasteiger partial charge on any atom is 0.136 e. The summed E-state index contributed by atoms with van der Waals surface area (Å²) in [4.78, 5) is 0. The molecule has 0 fully saturated rings. The van der Waals surface area contributed by atoms with Gasteiger partial charge in [-0.3, -0.25) is 0 Å². The number of hydrogen-bond donors (Lipinski definition) is 2. The van der Waals surface area contributed by atoms with Crippen LogP contribution in [0.3, 0.4) is 0 Å². The lowest BCUT2D eigenvalue weighted by atomic mass is 9.93. The summed E-state index contributed by atoms with van der Waals surface area (Å²) in [6.07, 6.45) is 0. The molecular formula is C28H16O3. The number of phenolic OH excluding ortho intramolecular Hbond substituents is 2. The van der Waals surface area contributed by atoms with Crippen molar-refractivity contribution < 1.29 is 14.6 Å². The predicted octanol–water partition coefficient (Wildman–Crippen LogP) is 7.61. The molecule has 0 bridgehead atoms. The Morgan fingerprint density at radius 3 is 1.29 bits per heavy atom. The molecule has 0 aliphatic heterocycles. The highest BCUT2D eigenvalue weighted by molar-refractivity contribution is 6.34. The van der Waals surface area contributed by atoms with Gasteiger partial charge in [0.1, 0.15) is 22.7 Å². The van der Waals surface area contributed by atoms with E-state index in [2.05, 4.69) is 36.4 Å². The van der Waals surface area contributed by atoms with E-state index in [9.17, 15) is 10.2 Å². The quantitative estimate of drug-likeness (QED) is 0.258. The number of hydrogen-bond acceptors (Lipinski definition) is 3. The first kappa shape index (κ1) is 16.5. The van der Waals surface area contributed by atoms with E-state index in [0.29, 0.717) is 0 Å².